The van der Waals surface area contributed by atoms with Gasteiger partial charge in [0.15, 0.2) is 0 Å². The highest BCUT2D eigenvalue weighted by Crippen LogP contribution is 2.25. The summed E-state index contributed by atoms with van der Waals surface area (Å²) in [5.41, 5.74) is 2.20. The number of piperazine rings is 1. The number of rotatable bonds is 7. The molecule has 0 saturated carbocycles. The minimum atomic E-state index is 0.207. The normalized spacial score (nSPS) is 14.8. The van der Waals surface area contributed by atoms with Crippen LogP contribution in [-0.4, -0.2) is 56.1 Å². The predicted octanol–water partition coefficient (Wildman–Crippen LogP) is 3.63. The van der Waals surface area contributed by atoms with Gasteiger partial charge in [-0.2, -0.15) is 0 Å². The standard InChI is InChI=1S/C22H27ClN2O3/c1-27-20-7-8-21(28-2)18(15-20)16-24-10-12-25(13-11-24)22(26)9-6-17-4-3-5-19(23)14-17/h3-5,7-8,14-15H,6,9-13,16H2,1-2H3. The molecule has 1 fully saturated rings. The van der Waals surface area contributed by atoms with Crippen molar-refractivity contribution in [2.24, 2.45) is 0 Å². The largest absolute Gasteiger partial charge is 0.497 e. The molecule has 0 atom stereocenters. The lowest BCUT2D eigenvalue weighted by molar-refractivity contribution is -0.133. The van der Waals surface area contributed by atoms with Gasteiger partial charge in [0.1, 0.15) is 11.5 Å². The van der Waals surface area contributed by atoms with Gasteiger partial charge < -0.3 is 14.4 Å². The quantitative estimate of drug-likeness (QED) is 0.709. The molecular weight excluding hydrogens is 376 g/mol. The zero-order chi connectivity index (χ0) is 19.9. The zero-order valence-electron chi connectivity index (χ0n) is 16.5. The lowest BCUT2D eigenvalue weighted by atomic mass is 10.1. The molecule has 0 N–H and O–H groups in total. The fourth-order valence-electron chi connectivity index (χ4n) is 3.50. The summed E-state index contributed by atoms with van der Waals surface area (Å²) in [6, 6.07) is 13.6. The van der Waals surface area contributed by atoms with Gasteiger partial charge in [0.25, 0.3) is 0 Å². The molecule has 28 heavy (non-hydrogen) atoms. The van der Waals surface area contributed by atoms with Crippen LogP contribution in [0.1, 0.15) is 17.5 Å². The number of aryl methyl sites for hydroxylation is 1. The molecule has 3 rings (SSSR count). The molecule has 1 saturated heterocycles. The summed E-state index contributed by atoms with van der Waals surface area (Å²) in [6.07, 6.45) is 1.24. The van der Waals surface area contributed by atoms with Gasteiger partial charge in [0.05, 0.1) is 14.2 Å². The first-order valence-corrected chi connectivity index (χ1v) is 9.92. The van der Waals surface area contributed by atoms with Crippen molar-refractivity contribution in [3.8, 4) is 11.5 Å². The Balaban J connectivity index is 1.49. The van der Waals surface area contributed by atoms with Crippen LogP contribution >= 0.6 is 11.6 Å². The lowest BCUT2D eigenvalue weighted by Gasteiger charge is -2.35. The Morgan fingerprint density at radius 2 is 1.82 bits per heavy atom. The number of carbonyl (C=O) groups excluding carboxylic acids is 1. The summed E-state index contributed by atoms with van der Waals surface area (Å²) < 4.78 is 10.8. The second kappa shape index (κ2) is 9.80. The van der Waals surface area contributed by atoms with Crippen LogP contribution in [-0.2, 0) is 17.8 Å². The van der Waals surface area contributed by atoms with Crippen LogP contribution < -0.4 is 9.47 Å². The van der Waals surface area contributed by atoms with E-state index < -0.39 is 0 Å². The maximum Gasteiger partial charge on any atom is 0.222 e. The van der Waals surface area contributed by atoms with Crippen molar-refractivity contribution in [1.82, 2.24) is 9.80 Å². The van der Waals surface area contributed by atoms with Gasteiger partial charge in [-0.05, 0) is 42.3 Å². The molecule has 1 heterocycles. The smallest absolute Gasteiger partial charge is 0.222 e. The molecule has 2 aromatic carbocycles. The summed E-state index contributed by atoms with van der Waals surface area (Å²) in [6.45, 7) is 3.98. The lowest BCUT2D eigenvalue weighted by Crippen LogP contribution is -2.48. The summed E-state index contributed by atoms with van der Waals surface area (Å²) in [4.78, 5) is 16.9. The molecule has 0 bridgehead atoms. The first-order valence-electron chi connectivity index (χ1n) is 9.54. The van der Waals surface area contributed by atoms with Crippen LogP contribution in [0.2, 0.25) is 5.02 Å². The third-order valence-electron chi connectivity index (χ3n) is 5.12. The fourth-order valence-corrected chi connectivity index (χ4v) is 3.72. The van der Waals surface area contributed by atoms with Crippen LogP contribution in [0.15, 0.2) is 42.5 Å². The van der Waals surface area contributed by atoms with Crippen LogP contribution in [0.5, 0.6) is 11.5 Å². The van der Waals surface area contributed by atoms with Crippen molar-refractivity contribution < 1.29 is 14.3 Å². The van der Waals surface area contributed by atoms with Crippen LogP contribution in [0.3, 0.4) is 0 Å². The minimum Gasteiger partial charge on any atom is -0.497 e. The Bertz CT molecular complexity index is 804. The van der Waals surface area contributed by atoms with E-state index in [4.69, 9.17) is 21.1 Å². The number of nitrogens with zero attached hydrogens (tertiary/aromatic N) is 2. The van der Waals surface area contributed by atoms with E-state index in [0.29, 0.717) is 11.4 Å². The van der Waals surface area contributed by atoms with Gasteiger partial charge in [-0.3, -0.25) is 9.69 Å². The maximum absolute atomic E-state index is 12.5. The Kier molecular flexibility index (Phi) is 7.18. The van der Waals surface area contributed by atoms with Crippen LogP contribution in [0, 0.1) is 0 Å². The molecule has 150 valence electrons. The van der Waals surface area contributed by atoms with Crippen molar-refractivity contribution in [2.75, 3.05) is 40.4 Å². The SMILES string of the molecule is COc1ccc(OC)c(CN2CCN(C(=O)CCc3cccc(Cl)c3)CC2)c1. The highest BCUT2D eigenvalue weighted by molar-refractivity contribution is 6.30. The van der Waals surface area contributed by atoms with Gasteiger partial charge in [0.2, 0.25) is 5.91 Å². The molecule has 0 aliphatic carbocycles. The van der Waals surface area contributed by atoms with Crippen LogP contribution in [0.4, 0.5) is 0 Å². The predicted molar refractivity (Wildman–Crippen MR) is 111 cm³/mol. The van der Waals surface area contributed by atoms with Crippen molar-refractivity contribution in [3.05, 3.63) is 58.6 Å². The van der Waals surface area contributed by atoms with E-state index in [2.05, 4.69) is 4.90 Å². The van der Waals surface area contributed by atoms with E-state index in [1.807, 2.05) is 47.4 Å². The highest BCUT2D eigenvalue weighted by atomic mass is 35.5. The summed E-state index contributed by atoms with van der Waals surface area (Å²) in [5, 5.41) is 0.714. The zero-order valence-corrected chi connectivity index (χ0v) is 17.2. The van der Waals surface area contributed by atoms with Crippen molar-refractivity contribution in [2.45, 2.75) is 19.4 Å². The molecule has 2 aromatic rings. The van der Waals surface area contributed by atoms with Crippen molar-refractivity contribution in [1.29, 1.82) is 0 Å². The number of hydrogen-bond acceptors (Lipinski definition) is 4. The molecule has 6 heteroatoms. The van der Waals surface area contributed by atoms with E-state index in [1.54, 1.807) is 14.2 Å². The third kappa shape index (κ3) is 5.40. The summed E-state index contributed by atoms with van der Waals surface area (Å²) in [7, 11) is 3.35. The molecular formula is C22H27ClN2O3. The first kappa shape index (κ1) is 20.5. The Labute approximate surface area is 171 Å². The second-order valence-corrected chi connectivity index (χ2v) is 7.40. The van der Waals surface area contributed by atoms with Crippen molar-refractivity contribution >= 4 is 17.5 Å². The molecule has 0 unspecified atom stereocenters. The molecule has 0 aromatic heterocycles. The van der Waals surface area contributed by atoms with Crippen molar-refractivity contribution in [3.63, 3.8) is 0 Å². The highest BCUT2D eigenvalue weighted by Gasteiger charge is 2.22. The van der Waals surface area contributed by atoms with E-state index in [1.165, 1.54) is 0 Å². The van der Waals surface area contributed by atoms with Crippen LogP contribution in [0.25, 0.3) is 0 Å². The number of benzene rings is 2. The van der Waals surface area contributed by atoms with Gasteiger partial charge in [-0.15, -0.1) is 0 Å². The van der Waals surface area contributed by atoms with E-state index >= 15 is 0 Å². The molecule has 0 spiro atoms. The maximum atomic E-state index is 12.5. The molecule has 0 radical (unpaired) electrons. The fraction of sp³-hybridized carbons (Fsp3) is 0.409. The molecule has 1 aliphatic heterocycles. The average molecular weight is 403 g/mol. The second-order valence-electron chi connectivity index (χ2n) is 6.96. The molecule has 1 aliphatic rings. The molecule has 1 amide bonds. The number of hydrogen-bond donors (Lipinski definition) is 0. The van der Waals surface area contributed by atoms with E-state index in [-0.39, 0.29) is 5.91 Å². The van der Waals surface area contributed by atoms with Gasteiger partial charge in [-0.25, -0.2) is 0 Å². The monoisotopic (exact) mass is 402 g/mol. The van der Waals surface area contributed by atoms with Gasteiger partial charge >= 0.3 is 0 Å². The number of halogens is 1. The van der Waals surface area contributed by atoms with E-state index in [0.717, 1.165) is 61.8 Å². The Morgan fingerprint density at radius 1 is 1.04 bits per heavy atom. The Hall–Kier alpha value is -2.24. The number of amides is 1. The summed E-state index contributed by atoms with van der Waals surface area (Å²) >= 11 is 6.01. The topological polar surface area (TPSA) is 42.0 Å². The first-order chi connectivity index (χ1) is 13.6. The van der Waals surface area contributed by atoms with E-state index in [9.17, 15) is 4.79 Å². The molecule has 5 nitrogen and oxygen atoms in total. The van der Waals surface area contributed by atoms with Gasteiger partial charge in [-0.1, -0.05) is 23.7 Å². The third-order valence-corrected chi connectivity index (χ3v) is 5.36. The van der Waals surface area contributed by atoms with Gasteiger partial charge in [0, 0.05) is 49.7 Å². The Morgan fingerprint density at radius 3 is 2.50 bits per heavy atom. The minimum absolute atomic E-state index is 0.207. The summed E-state index contributed by atoms with van der Waals surface area (Å²) in [5.74, 6) is 1.89. The number of ether oxygens (including phenoxy) is 2. The number of carbonyl (C=O) groups is 1. The number of methoxy groups -OCH3 is 2. The average Bonchev–Trinajstić information content (AvgIpc) is 2.72.